The lowest BCUT2D eigenvalue weighted by atomic mass is 9.90. The van der Waals surface area contributed by atoms with Crippen molar-refractivity contribution in [1.82, 2.24) is 5.32 Å². The summed E-state index contributed by atoms with van der Waals surface area (Å²) in [5.74, 6) is 0.383. The van der Waals surface area contributed by atoms with Gasteiger partial charge in [-0.25, -0.2) is 4.79 Å². The molecule has 116 valence electrons. The highest BCUT2D eigenvalue weighted by atomic mass is 16.5. The summed E-state index contributed by atoms with van der Waals surface area (Å²) in [4.78, 5) is 11.8. The molecule has 0 bridgehead atoms. The first kappa shape index (κ1) is 15.6. The Morgan fingerprint density at radius 1 is 1.38 bits per heavy atom. The highest BCUT2D eigenvalue weighted by Gasteiger charge is 2.36. The highest BCUT2D eigenvalue weighted by molar-refractivity contribution is 5.80. The van der Waals surface area contributed by atoms with E-state index < -0.39 is 11.5 Å². The lowest BCUT2D eigenvalue weighted by Crippen LogP contribution is -2.50. The number of fused-ring (bicyclic) bond motifs is 1. The number of hydrogen-bond donors (Lipinski definition) is 2. The molecule has 2 rings (SSSR count). The number of carbonyl (C=O) groups is 1. The van der Waals surface area contributed by atoms with Gasteiger partial charge in [0.05, 0.1) is 13.2 Å². The monoisotopic (exact) mass is 293 g/mol. The van der Waals surface area contributed by atoms with Crippen molar-refractivity contribution in [3.8, 4) is 11.5 Å². The number of ether oxygens (including phenoxy) is 2. The van der Waals surface area contributed by atoms with Crippen LogP contribution in [0, 0.1) is 0 Å². The Morgan fingerprint density at radius 3 is 2.67 bits per heavy atom. The minimum absolute atomic E-state index is 0.0991. The molecule has 0 fully saturated rings. The van der Waals surface area contributed by atoms with Crippen LogP contribution in [0.1, 0.15) is 39.2 Å². The first-order chi connectivity index (χ1) is 9.97. The van der Waals surface area contributed by atoms with Crippen molar-refractivity contribution >= 4 is 5.97 Å². The summed E-state index contributed by atoms with van der Waals surface area (Å²) < 4.78 is 11.2. The predicted molar refractivity (Wildman–Crippen MR) is 79.9 cm³/mol. The maximum Gasteiger partial charge on any atom is 0.328 e. The molecule has 2 N–H and O–H groups in total. The molecule has 0 aliphatic carbocycles. The van der Waals surface area contributed by atoms with Crippen molar-refractivity contribution in [2.45, 2.75) is 45.2 Å². The van der Waals surface area contributed by atoms with Crippen molar-refractivity contribution in [1.29, 1.82) is 0 Å². The van der Waals surface area contributed by atoms with E-state index in [4.69, 9.17) is 9.47 Å². The second-order valence-corrected chi connectivity index (χ2v) is 5.60. The number of hydrogen-bond acceptors (Lipinski definition) is 4. The van der Waals surface area contributed by atoms with Crippen molar-refractivity contribution in [3.05, 3.63) is 23.8 Å². The van der Waals surface area contributed by atoms with Crippen LogP contribution in [-0.4, -0.2) is 30.3 Å². The van der Waals surface area contributed by atoms with Gasteiger partial charge in [0.25, 0.3) is 0 Å². The molecule has 0 aromatic heterocycles. The minimum Gasteiger partial charge on any atom is -0.490 e. The van der Waals surface area contributed by atoms with Crippen molar-refractivity contribution in [3.63, 3.8) is 0 Å². The highest BCUT2D eigenvalue weighted by Crippen LogP contribution is 2.34. The van der Waals surface area contributed by atoms with Gasteiger partial charge < -0.3 is 14.6 Å². The van der Waals surface area contributed by atoms with E-state index in [0.717, 1.165) is 12.8 Å². The van der Waals surface area contributed by atoms with E-state index in [-0.39, 0.29) is 6.04 Å². The van der Waals surface area contributed by atoms with E-state index in [0.29, 0.717) is 30.3 Å². The fourth-order valence-electron chi connectivity index (χ4n) is 2.34. The van der Waals surface area contributed by atoms with E-state index in [1.165, 1.54) is 0 Å². The topological polar surface area (TPSA) is 67.8 Å². The third-order valence-electron chi connectivity index (χ3n) is 3.90. The van der Waals surface area contributed by atoms with Gasteiger partial charge in [-0.1, -0.05) is 13.0 Å². The van der Waals surface area contributed by atoms with Gasteiger partial charge >= 0.3 is 5.97 Å². The van der Waals surface area contributed by atoms with Gasteiger partial charge in [0, 0.05) is 12.5 Å². The van der Waals surface area contributed by atoms with Crippen LogP contribution in [0.15, 0.2) is 18.2 Å². The quantitative estimate of drug-likeness (QED) is 0.873. The lowest BCUT2D eigenvalue weighted by Gasteiger charge is -2.30. The third-order valence-corrected chi connectivity index (χ3v) is 3.90. The normalized spacial score (nSPS) is 18.4. The molecule has 0 amide bonds. The van der Waals surface area contributed by atoms with Crippen molar-refractivity contribution in [2.75, 3.05) is 13.2 Å². The van der Waals surface area contributed by atoms with Gasteiger partial charge in [0.2, 0.25) is 0 Å². The standard InChI is InChI=1S/C16H23NO4/c1-4-11(2)17-16(3,15(18)19)12-6-7-13-14(10-12)21-9-5-8-20-13/h6-7,10-11,17H,4-5,8-9H2,1-3H3,(H,18,19). The fraction of sp³-hybridized carbons (Fsp3) is 0.562. The van der Waals surface area contributed by atoms with Gasteiger partial charge in [-0.05, 0) is 38.0 Å². The molecule has 0 spiro atoms. The molecule has 0 saturated heterocycles. The molecular formula is C16H23NO4. The van der Waals surface area contributed by atoms with Crippen LogP contribution < -0.4 is 14.8 Å². The Balaban J connectivity index is 2.37. The summed E-state index contributed by atoms with van der Waals surface area (Å²) in [6, 6.07) is 5.44. The minimum atomic E-state index is -1.15. The lowest BCUT2D eigenvalue weighted by molar-refractivity contribution is -0.145. The van der Waals surface area contributed by atoms with Crippen LogP contribution in [-0.2, 0) is 10.3 Å². The van der Waals surface area contributed by atoms with E-state index >= 15 is 0 Å². The van der Waals surface area contributed by atoms with Crippen LogP contribution in [0.25, 0.3) is 0 Å². The zero-order valence-electron chi connectivity index (χ0n) is 12.8. The molecule has 1 aliphatic rings. The molecule has 1 aromatic carbocycles. The Hall–Kier alpha value is -1.75. The van der Waals surface area contributed by atoms with Crippen molar-refractivity contribution in [2.24, 2.45) is 0 Å². The molecule has 2 unspecified atom stereocenters. The van der Waals surface area contributed by atoms with Crippen LogP contribution in [0.3, 0.4) is 0 Å². The predicted octanol–water partition coefficient (Wildman–Crippen LogP) is 2.54. The molecule has 0 radical (unpaired) electrons. The van der Waals surface area contributed by atoms with Crippen molar-refractivity contribution < 1.29 is 19.4 Å². The van der Waals surface area contributed by atoms with E-state index in [2.05, 4.69) is 5.32 Å². The molecule has 5 heteroatoms. The number of carboxylic acids is 1. The van der Waals surface area contributed by atoms with Gasteiger partial charge in [-0.15, -0.1) is 0 Å². The van der Waals surface area contributed by atoms with E-state index in [9.17, 15) is 9.90 Å². The second kappa shape index (κ2) is 6.35. The first-order valence-electron chi connectivity index (χ1n) is 7.38. The van der Waals surface area contributed by atoms with Gasteiger partial charge in [0.1, 0.15) is 5.54 Å². The Kier molecular flexibility index (Phi) is 4.73. The fourth-order valence-corrected chi connectivity index (χ4v) is 2.34. The molecule has 5 nitrogen and oxygen atoms in total. The van der Waals surface area contributed by atoms with Gasteiger partial charge in [-0.2, -0.15) is 0 Å². The van der Waals surface area contributed by atoms with Crippen LogP contribution in [0.4, 0.5) is 0 Å². The third kappa shape index (κ3) is 3.29. The first-order valence-corrected chi connectivity index (χ1v) is 7.38. The van der Waals surface area contributed by atoms with Gasteiger partial charge in [-0.3, -0.25) is 5.32 Å². The summed E-state index contributed by atoms with van der Waals surface area (Å²) in [5, 5.41) is 12.8. The summed E-state index contributed by atoms with van der Waals surface area (Å²) >= 11 is 0. The summed E-state index contributed by atoms with van der Waals surface area (Å²) in [6.07, 6.45) is 1.68. The summed E-state index contributed by atoms with van der Waals surface area (Å²) in [5.41, 5.74) is -0.486. The van der Waals surface area contributed by atoms with E-state index in [1.54, 1.807) is 25.1 Å². The Bertz CT molecular complexity index is 517. The Labute approximate surface area is 125 Å². The molecule has 0 saturated carbocycles. The number of benzene rings is 1. The zero-order chi connectivity index (χ0) is 15.5. The van der Waals surface area contributed by atoms with Crippen LogP contribution in [0.2, 0.25) is 0 Å². The zero-order valence-corrected chi connectivity index (χ0v) is 12.8. The van der Waals surface area contributed by atoms with Gasteiger partial charge in [0.15, 0.2) is 11.5 Å². The number of rotatable bonds is 5. The molecule has 1 aliphatic heterocycles. The maximum atomic E-state index is 11.8. The molecule has 21 heavy (non-hydrogen) atoms. The molecule has 2 atom stereocenters. The maximum absolute atomic E-state index is 11.8. The Morgan fingerprint density at radius 2 is 2.05 bits per heavy atom. The average Bonchev–Trinajstić information content (AvgIpc) is 2.71. The number of carboxylic acid groups (broad SMARTS) is 1. The molecule has 1 aromatic rings. The van der Waals surface area contributed by atoms with Crippen LogP contribution in [0.5, 0.6) is 11.5 Å². The largest absolute Gasteiger partial charge is 0.490 e. The molecular weight excluding hydrogens is 270 g/mol. The number of aliphatic carboxylic acids is 1. The van der Waals surface area contributed by atoms with E-state index in [1.807, 2.05) is 13.8 Å². The van der Waals surface area contributed by atoms with Crippen LogP contribution >= 0.6 is 0 Å². The SMILES string of the molecule is CCC(C)NC(C)(C(=O)O)c1ccc2c(c1)OCCCO2. The second-order valence-electron chi connectivity index (χ2n) is 5.60. The summed E-state index contributed by atoms with van der Waals surface area (Å²) in [7, 11) is 0. The molecule has 1 heterocycles. The summed E-state index contributed by atoms with van der Waals surface area (Å²) in [6.45, 7) is 6.88. The number of nitrogens with one attached hydrogen (secondary N) is 1. The smallest absolute Gasteiger partial charge is 0.328 e. The average molecular weight is 293 g/mol.